The Balaban J connectivity index is 1.53. The van der Waals surface area contributed by atoms with Crippen LogP contribution in [0.2, 0.25) is 0 Å². The van der Waals surface area contributed by atoms with Crippen LogP contribution in [0.5, 0.6) is 0 Å². The van der Waals surface area contributed by atoms with Crippen molar-refractivity contribution in [2.45, 2.75) is 71.0 Å². The van der Waals surface area contributed by atoms with Gasteiger partial charge in [0.05, 0.1) is 5.75 Å². The molecular weight excluding hydrogens is 370 g/mol. The van der Waals surface area contributed by atoms with Gasteiger partial charge in [0.15, 0.2) is 0 Å². The molecule has 3 heterocycles. The van der Waals surface area contributed by atoms with E-state index in [0.29, 0.717) is 38.9 Å². The quantitative estimate of drug-likeness (QED) is 0.730. The zero-order chi connectivity index (χ0) is 19.4. The van der Waals surface area contributed by atoms with Gasteiger partial charge < -0.3 is 5.32 Å². The molecule has 0 aliphatic carbocycles. The zero-order valence-corrected chi connectivity index (χ0v) is 16.7. The summed E-state index contributed by atoms with van der Waals surface area (Å²) in [4.78, 5) is 24.8. The van der Waals surface area contributed by atoms with Gasteiger partial charge in [0.2, 0.25) is 15.9 Å². The topological polar surface area (TPSA) is 106 Å². The van der Waals surface area contributed by atoms with Crippen molar-refractivity contribution in [2.24, 2.45) is 0 Å². The van der Waals surface area contributed by atoms with E-state index in [2.05, 4.69) is 10.4 Å². The Morgan fingerprint density at radius 3 is 2.63 bits per heavy atom. The first kappa shape index (κ1) is 20.1. The number of carbonyl (C=O) groups is 1. The van der Waals surface area contributed by atoms with Crippen molar-refractivity contribution in [1.82, 2.24) is 24.0 Å². The van der Waals surface area contributed by atoms with Crippen molar-refractivity contribution < 1.29 is 13.2 Å². The molecule has 10 heteroatoms. The van der Waals surface area contributed by atoms with Crippen LogP contribution in [0.1, 0.15) is 51.3 Å². The number of aryl methyl sites for hydroxylation is 1. The Bertz CT molecular complexity index is 821. The van der Waals surface area contributed by atoms with Crippen LogP contribution in [0.15, 0.2) is 4.79 Å². The lowest BCUT2D eigenvalue weighted by molar-refractivity contribution is -0.122. The van der Waals surface area contributed by atoms with Crippen LogP contribution in [-0.4, -0.2) is 57.9 Å². The van der Waals surface area contributed by atoms with E-state index in [1.54, 1.807) is 4.57 Å². The van der Waals surface area contributed by atoms with Gasteiger partial charge in [-0.3, -0.25) is 9.36 Å². The van der Waals surface area contributed by atoms with E-state index in [9.17, 15) is 18.0 Å². The lowest BCUT2D eigenvalue weighted by atomic mass is 10.1. The van der Waals surface area contributed by atoms with Gasteiger partial charge in [0.25, 0.3) is 0 Å². The standard InChI is InChI=1S/C17H29N5O4S/c1-2-12-27(25,26)20-10-7-14(8-11-20)18-16(23)13-22-17(24)21-9-5-3-4-6-15(21)19-22/h14H,2-13H2,1H3,(H,18,23). The minimum Gasteiger partial charge on any atom is -0.352 e. The van der Waals surface area contributed by atoms with Crippen molar-refractivity contribution in [3.8, 4) is 0 Å². The molecule has 3 rings (SSSR count). The number of carbonyl (C=O) groups excluding carboxylic acids is 1. The fourth-order valence-corrected chi connectivity index (χ4v) is 5.34. The molecule has 0 bridgehead atoms. The van der Waals surface area contributed by atoms with Gasteiger partial charge in [-0.25, -0.2) is 22.2 Å². The van der Waals surface area contributed by atoms with Gasteiger partial charge in [0, 0.05) is 32.1 Å². The maximum absolute atomic E-state index is 12.4. The Morgan fingerprint density at radius 1 is 1.19 bits per heavy atom. The van der Waals surface area contributed by atoms with Crippen molar-refractivity contribution in [3.63, 3.8) is 0 Å². The van der Waals surface area contributed by atoms with E-state index in [1.807, 2.05) is 6.92 Å². The van der Waals surface area contributed by atoms with Gasteiger partial charge in [0.1, 0.15) is 12.4 Å². The first-order valence-corrected chi connectivity index (χ1v) is 11.5. The van der Waals surface area contributed by atoms with E-state index in [-0.39, 0.29) is 29.9 Å². The van der Waals surface area contributed by atoms with Gasteiger partial charge in [-0.1, -0.05) is 13.3 Å². The number of hydrogen-bond acceptors (Lipinski definition) is 5. The molecule has 27 heavy (non-hydrogen) atoms. The fraction of sp³-hybridized carbons (Fsp3) is 0.824. The molecule has 1 saturated heterocycles. The first-order valence-electron chi connectivity index (χ1n) is 9.84. The Kier molecular flexibility index (Phi) is 6.36. The second kappa shape index (κ2) is 8.55. The Morgan fingerprint density at radius 2 is 1.93 bits per heavy atom. The summed E-state index contributed by atoms with van der Waals surface area (Å²) in [5, 5.41) is 7.25. The molecule has 0 atom stereocenters. The molecule has 2 aliphatic heterocycles. The van der Waals surface area contributed by atoms with Crippen LogP contribution in [0.25, 0.3) is 0 Å². The summed E-state index contributed by atoms with van der Waals surface area (Å²) >= 11 is 0. The molecule has 1 N–H and O–H groups in total. The van der Waals surface area contributed by atoms with Crippen molar-refractivity contribution in [3.05, 3.63) is 16.3 Å². The maximum atomic E-state index is 12.4. The molecule has 0 unspecified atom stereocenters. The first-order chi connectivity index (χ1) is 12.9. The number of nitrogens with one attached hydrogen (secondary N) is 1. The fourth-order valence-electron chi connectivity index (χ4n) is 3.80. The second-order valence-electron chi connectivity index (χ2n) is 7.38. The number of sulfonamides is 1. The van der Waals surface area contributed by atoms with E-state index in [0.717, 1.165) is 31.5 Å². The minimum atomic E-state index is -3.18. The van der Waals surface area contributed by atoms with E-state index in [4.69, 9.17) is 0 Å². The van der Waals surface area contributed by atoms with Gasteiger partial charge in [-0.15, -0.1) is 0 Å². The van der Waals surface area contributed by atoms with Crippen molar-refractivity contribution in [1.29, 1.82) is 0 Å². The van der Waals surface area contributed by atoms with Crippen LogP contribution in [0, 0.1) is 0 Å². The molecule has 0 saturated carbocycles. The average molecular weight is 400 g/mol. The van der Waals surface area contributed by atoms with Gasteiger partial charge in [-0.05, 0) is 32.1 Å². The summed E-state index contributed by atoms with van der Waals surface area (Å²) in [7, 11) is -3.18. The lowest BCUT2D eigenvalue weighted by Crippen LogP contribution is -2.48. The lowest BCUT2D eigenvalue weighted by Gasteiger charge is -2.31. The second-order valence-corrected chi connectivity index (χ2v) is 9.46. The van der Waals surface area contributed by atoms with Gasteiger partial charge in [-0.2, -0.15) is 5.10 Å². The predicted molar refractivity (Wildman–Crippen MR) is 101 cm³/mol. The third-order valence-electron chi connectivity index (χ3n) is 5.25. The molecule has 1 aromatic heterocycles. The molecule has 2 aliphatic rings. The number of piperidine rings is 1. The van der Waals surface area contributed by atoms with E-state index < -0.39 is 10.0 Å². The maximum Gasteiger partial charge on any atom is 0.346 e. The van der Waals surface area contributed by atoms with Crippen molar-refractivity contribution >= 4 is 15.9 Å². The van der Waals surface area contributed by atoms with Gasteiger partial charge >= 0.3 is 5.69 Å². The summed E-state index contributed by atoms with van der Waals surface area (Å²) in [6, 6.07) is -0.0679. The third-order valence-corrected chi connectivity index (χ3v) is 7.33. The molecule has 1 aromatic rings. The smallest absolute Gasteiger partial charge is 0.346 e. The number of aromatic nitrogens is 3. The Labute approximate surface area is 159 Å². The molecule has 1 fully saturated rings. The minimum absolute atomic E-state index is 0.0679. The highest BCUT2D eigenvalue weighted by Crippen LogP contribution is 2.15. The largest absolute Gasteiger partial charge is 0.352 e. The van der Waals surface area contributed by atoms with E-state index >= 15 is 0 Å². The number of fused-ring (bicyclic) bond motifs is 1. The molecule has 0 radical (unpaired) electrons. The van der Waals surface area contributed by atoms with Crippen LogP contribution >= 0.6 is 0 Å². The summed E-state index contributed by atoms with van der Waals surface area (Å²) < 4.78 is 28.6. The molecule has 152 valence electrons. The molecular formula is C17H29N5O4S. The Hall–Kier alpha value is -1.68. The SMILES string of the molecule is CCCS(=O)(=O)N1CCC(NC(=O)Cn2nc3n(c2=O)CCCCC3)CC1. The molecule has 1 amide bonds. The highest BCUT2D eigenvalue weighted by atomic mass is 32.2. The predicted octanol–water partition coefficient (Wildman–Crippen LogP) is 0.0916. The van der Waals surface area contributed by atoms with Crippen LogP contribution < -0.4 is 11.0 Å². The molecule has 9 nitrogen and oxygen atoms in total. The summed E-state index contributed by atoms with van der Waals surface area (Å²) in [5.41, 5.74) is -0.220. The highest BCUT2D eigenvalue weighted by molar-refractivity contribution is 7.89. The number of rotatable bonds is 6. The number of hydrogen-bond donors (Lipinski definition) is 1. The summed E-state index contributed by atoms with van der Waals surface area (Å²) in [6.45, 7) is 3.27. The molecule has 0 spiro atoms. The summed E-state index contributed by atoms with van der Waals surface area (Å²) in [5.74, 6) is 0.678. The van der Waals surface area contributed by atoms with Crippen LogP contribution in [0.4, 0.5) is 0 Å². The zero-order valence-electron chi connectivity index (χ0n) is 15.9. The monoisotopic (exact) mass is 399 g/mol. The van der Waals surface area contributed by atoms with E-state index in [1.165, 1.54) is 8.99 Å². The van der Waals surface area contributed by atoms with Crippen LogP contribution in [-0.2, 0) is 34.3 Å². The normalized spacial score (nSPS) is 19.4. The van der Waals surface area contributed by atoms with Crippen LogP contribution in [0.3, 0.4) is 0 Å². The number of amides is 1. The number of nitrogens with zero attached hydrogens (tertiary/aromatic N) is 4. The van der Waals surface area contributed by atoms with Crippen molar-refractivity contribution in [2.75, 3.05) is 18.8 Å². The molecule has 0 aromatic carbocycles. The average Bonchev–Trinajstić information content (AvgIpc) is 2.79. The third kappa shape index (κ3) is 4.78. The summed E-state index contributed by atoms with van der Waals surface area (Å²) in [6.07, 6.45) is 5.62. The highest BCUT2D eigenvalue weighted by Gasteiger charge is 2.28.